The molecule has 3 rings (SSSR count). The number of hydrogen-bond acceptors (Lipinski definition) is 3. The smallest absolute Gasteiger partial charge is 0.316 e. The summed E-state index contributed by atoms with van der Waals surface area (Å²) in [5.74, 6) is -2.09. The molecule has 2 fully saturated rings. The number of carboxylic acid groups (broad SMARTS) is 1. The minimum absolute atomic E-state index is 0.114. The number of carboxylic acids is 1. The van der Waals surface area contributed by atoms with E-state index >= 15 is 0 Å². The van der Waals surface area contributed by atoms with Crippen molar-refractivity contribution in [2.45, 2.75) is 31.5 Å². The molecule has 106 valence electrons. The SMILES string of the molecule is O=C(O)C1CC2CCC(c3ccccc3)NC2NC1=O. The number of carbonyl (C=O) groups is 2. The van der Waals surface area contributed by atoms with Crippen molar-refractivity contribution in [3.8, 4) is 0 Å². The third-order valence-corrected chi connectivity index (χ3v) is 4.33. The van der Waals surface area contributed by atoms with E-state index in [2.05, 4.69) is 22.8 Å². The lowest BCUT2D eigenvalue weighted by molar-refractivity contribution is -0.150. The van der Waals surface area contributed by atoms with E-state index in [0.29, 0.717) is 6.42 Å². The van der Waals surface area contributed by atoms with E-state index in [4.69, 9.17) is 5.11 Å². The summed E-state index contributed by atoms with van der Waals surface area (Å²) in [5, 5.41) is 15.3. The highest BCUT2D eigenvalue weighted by Crippen LogP contribution is 2.34. The topological polar surface area (TPSA) is 78.4 Å². The first-order chi connectivity index (χ1) is 9.65. The number of carbonyl (C=O) groups excluding carboxylic acids is 1. The molecule has 4 atom stereocenters. The van der Waals surface area contributed by atoms with E-state index in [1.807, 2.05) is 18.2 Å². The average Bonchev–Trinajstić information content (AvgIpc) is 2.46. The molecule has 3 N–H and O–H groups in total. The molecular weight excluding hydrogens is 256 g/mol. The van der Waals surface area contributed by atoms with Gasteiger partial charge >= 0.3 is 5.97 Å². The molecule has 1 aromatic carbocycles. The van der Waals surface area contributed by atoms with Crippen LogP contribution in [0.1, 0.15) is 30.9 Å². The van der Waals surface area contributed by atoms with Gasteiger partial charge in [-0.05, 0) is 30.7 Å². The summed E-state index contributed by atoms with van der Waals surface area (Å²) in [7, 11) is 0. The Morgan fingerprint density at radius 1 is 1.20 bits per heavy atom. The number of hydrogen-bond donors (Lipinski definition) is 3. The summed E-state index contributed by atoms with van der Waals surface area (Å²) in [6, 6.07) is 10.4. The van der Waals surface area contributed by atoms with Gasteiger partial charge in [-0.2, -0.15) is 0 Å². The molecule has 2 heterocycles. The molecule has 0 saturated carbocycles. The zero-order valence-corrected chi connectivity index (χ0v) is 11.1. The molecule has 20 heavy (non-hydrogen) atoms. The number of aliphatic carboxylic acids is 1. The summed E-state index contributed by atoms with van der Waals surface area (Å²) >= 11 is 0. The fourth-order valence-electron chi connectivity index (χ4n) is 3.22. The number of benzene rings is 1. The van der Waals surface area contributed by atoms with Gasteiger partial charge in [0.2, 0.25) is 5.91 Å². The van der Waals surface area contributed by atoms with Crippen LogP contribution in [0.3, 0.4) is 0 Å². The van der Waals surface area contributed by atoms with Crippen LogP contribution >= 0.6 is 0 Å². The molecule has 0 bridgehead atoms. The number of amides is 1. The molecule has 5 heteroatoms. The van der Waals surface area contributed by atoms with Gasteiger partial charge in [0.25, 0.3) is 0 Å². The van der Waals surface area contributed by atoms with Crippen LogP contribution < -0.4 is 10.6 Å². The number of piperidine rings is 2. The summed E-state index contributed by atoms with van der Waals surface area (Å²) in [5.41, 5.74) is 1.21. The lowest BCUT2D eigenvalue weighted by Crippen LogP contribution is -2.60. The van der Waals surface area contributed by atoms with E-state index in [0.717, 1.165) is 12.8 Å². The van der Waals surface area contributed by atoms with Gasteiger partial charge in [0, 0.05) is 6.04 Å². The van der Waals surface area contributed by atoms with Crippen molar-refractivity contribution < 1.29 is 14.7 Å². The summed E-state index contributed by atoms with van der Waals surface area (Å²) in [6.07, 6.45) is 2.21. The van der Waals surface area contributed by atoms with Gasteiger partial charge in [0.1, 0.15) is 5.92 Å². The van der Waals surface area contributed by atoms with Crippen molar-refractivity contribution in [1.82, 2.24) is 10.6 Å². The minimum Gasteiger partial charge on any atom is -0.481 e. The number of rotatable bonds is 2. The molecule has 0 aliphatic carbocycles. The molecule has 0 spiro atoms. The predicted molar refractivity (Wildman–Crippen MR) is 72.7 cm³/mol. The quantitative estimate of drug-likeness (QED) is 0.710. The monoisotopic (exact) mass is 274 g/mol. The van der Waals surface area contributed by atoms with Gasteiger partial charge in [0.05, 0.1) is 6.17 Å². The normalized spacial score (nSPS) is 33.1. The van der Waals surface area contributed by atoms with Crippen molar-refractivity contribution in [3.05, 3.63) is 35.9 Å². The van der Waals surface area contributed by atoms with E-state index in [9.17, 15) is 9.59 Å². The Balaban J connectivity index is 1.71. The van der Waals surface area contributed by atoms with Crippen LogP contribution in [0.2, 0.25) is 0 Å². The van der Waals surface area contributed by atoms with Crippen molar-refractivity contribution in [2.24, 2.45) is 11.8 Å². The van der Waals surface area contributed by atoms with Crippen LogP contribution in [0.25, 0.3) is 0 Å². The van der Waals surface area contributed by atoms with Gasteiger partial charge in [-0.1, -0.05) is 30.3 Å². The van der Waals surface area contributed by atoms with Gasteiger partial charge in [-0.15, -0.1) is 0 Å². The second kappa shape index (κ2) is 5.25. The second-order valence-corrected chi connectivity index (χ2v) is 5.58. The molecule has 0 radical (unpaired) electrons. The number of nitrogens with one attached hydrogen (secondary N) is 2. The van der Waals surface area contributed by atoms with Gasteiger partial charge < -0.3 is 10.4 Å². The van der Waals surface area contributed by atoms with Crippen LogP contribution in [0, 0.1) is 11.8 Å². The second-order valence-electron chi connectivity index (χ2n) is 5.58. The summed E-state index contributed by atoms with van der Waals surface area (Å²) in [6.45, 7) is 0. The first-order valence-electron chi connectivity index (χ1n) is 6.99. The van der Waals surface area contributed by atoms with Crippen molar-refractivity contribution in [3.63, 3.8) is 0 Å². The maximum atomic E-state index is 11.8. The Morgan fingerprint density at radius 3 is 2.65 bits per heavy atom. The van der Waals surface area contributed by atoms with Gasteiger partial charge in [0.15, 0.2) is 0 Å². The Hall–Kier alpha value is -1.88. The summed E-state index contributed by atoms with van der Waals surface area (Å²) < 4.78 is 0. The first-order valence-corrected chi connectivity index (χ1v) is 6.99. The largest absolute Gasteiger partial charge is 0.481 e. The van der Waals surface area contributed by atoms with E-state index in [1.165, 1.54) is 5.56 Å². The van der Waals surface area contributed by atoms with Gasteiger partial charge in [-0.25, -0.2) is 0 Å². The highest BCUT2D eigenvalue weighted by atomic mass is 16.4. The highest BCUT2D eigenvalue weighted by molar-refractivity contribution is 5.97. The third-order valence-electron chi connectivity index (χ3n) is 4.33. The summed E-state index contributed by atoms with van der Waals surface area (Å²) in [4.78, 5) is 22.8. The van der Waals surface area contributed by atoms with Crippen LogP contribution in [-0.2, 0) is 9.59 Å². The lowest BCUT2D eigenvalue weighted by Gasteiger charge is -2.42. The van der Waals surface area contributed by atoms with Crippen LogP contribution in [0.4, 0.5) is 0 Å². The molecule has 5 nitrogen and oxygen atoms in total. The van der Waals surface area contributed by atoms with E-state index in [-0.39, 0.29) is 24.0 Å². The molecular formula is C15H18N2O3. The van der Waals surface area contributed by atoms with Gasteiger partial charge in [-0.3, -0.25) is 14.9 Å². The molecule has 2 saturated heterocycles. The van der Waals surface area contributed by atoms with E-state index in [1.54, 1.807) is 0 Å². The zero-order chi connectivity index (χ0) is 14.1. The first kappa shape index (κ1) is 13.1. The Bertz CT molecular complexity index is 517. The number of fused-ring (bicyclic) bond motifs is 1. The van der Waals surface area contributed by atoms with Crippen LogP contribution in [-0.4, -0.2) is 23.1 Å². The van der Waals surface area contributed by atoms with E-state index < -0.39 is 11.9 Å². The van der Waals surface area contributed by atoms with Crippen molar-refractivity contribution in [2.75, 3.05) is 0 Å². The fourth-order valence-corrected chi connectivity index (χ4v) is 3.22. The molecule has 0 aromatic heterocycles. The molecule has 4 unspecified atom stereocenters. The highest BCUT2D eigenvalue weighted by Gasteiger charge is 2.42. The average molecular weight is 274 g/mol. The fraction of sp³-hybridized carbons (Fsp3) is 0.467. The van der Waals surface area contributed by atoms with Crippen molar-refractivity contribution >= 4 is 11.9 Å². The third kappa shape index (κ3) is 2.41. The zero-order valence-electron chi connectivity index (χ0n) is 11.1. The molecule has 1 amide bonds. The lowest BCUT2D eigenvalue weighted by atomic mass is 9.80. The maximum Gasteiger partial charge on any atom is 0.316 e. The van der Waals surface area contributed by atoms with Crippen molar-refractivity contribution in [1.29, 1.82) is 0 Å². The Labute approximate surface area is 117 Å². The standard InChI is InChI=1S/C15H18N2O3/c18-14-11(15(19)20)8-10-6-7-12(16-13(10)17-14)9-4-2-1-3-5-9/h1-5,10-13,16H,6-8H2,(H,17,18)(H,19,20). The Morgan fingerprint density at radius 2 is 1.95 bits per heavy atom. The minimum atomic E-state index is -1.02. The van der Waals surface area contributed by atoms with Crippen LogP contribution in [0.5, 0.6) is 0 Å². The van der Waals surface area contributed by atoms with Crippen LogP contribution in [0.15, 0.2) is 30.3 Å². The maximum absolute atomic E-state index is 11.8. The molecule has 1 aromatic rings. The molecule has 2 aliphatic rings. The predicted octanol–water partition coefficient (Wildman–Crippen LogP) is 1.27. The molecule has 2 aliphatic heterocycles. The Kier molecular flexibility index (Phi) is 3.44.